The van der Waals surface area contributed by atoms with Crippen molar-refractivity contribution in [1.29, 1.82) is 0 Å². The number of aryl methyl sites for hydroxylation is 2. The number of carbonyl (C=O) groups is 2. The summed E-state index contributed by atoms with van der Waals surface area (Å²) in [6.07, 6.45) is 6.07. The lowest BCUT2D eigenvalue weighted by atomic mass is 9.87. The summed E-state index contributed by atoms with van der Waals surface area (Å²) in [5, 5.41) is 6.95. The lowest BCUT2D eigenvalue weighted by molar-refractivity contribution is -0.127. The van der Waals surface area contributed by atoms with E-state index in [1.807, 2.05) is 36.4 Å². The Morgan fingerprint density at radius 1 is 0.816 bits per heavy atom. The van der Waals surface area contributed by atoms with Crippen LogP contribution in [0.5, 0.6) is 0 Å². The molecule has 3 aromatic carbocycles. The molecule has 1 aliphatic carbocycles. The number of hydrogen-bond acceptors (Lipinski definition) is 3. The molecule has 196 valence electrons. The van der Waals surface area contributed by atoms with Crippen LogP contribution >= 0.6 is 11.6 Å². The number of fused-ring (bicyclic) bond motifs is 4. The van der Waals surface area contributed by atoms with Crippen molar-refractivity contribution in [2.75, 3.05) is 6.54 Å². The second-order valence-corrected chi connectivity index (χ2v) is 11.4. The van der Waals surface area contributed by atoms with Gasteiger partial charge in [0.1, 0.15) is 0 Å². The molecule has 0 radical (unpaired) electrons. The third-order valence-electron chi connectivity index (χ3n) is 8.61. The van der Waals surface area contributed by atoms with E-state index in [4.69, 9.17) is 11.6 Å². The van der Waals surface area contributed by atoms with E-state index in [-0.39, 0.29) is 24.4 Å². The normalized spacial score (nSPS) is 22.7. The maximum Gasteiger partial charge on any atom is 0.239 e. The Morgan fingerprint density at radius 3 is 2.00 bits per heavy atom. The lowest BCUT2D eigenvalue weighted by Gasteiger charge is -2.39. The van der Waals surface area contributed by atoms with Gasteiger partial charge in [-0.3, -0.25) is 14.5 Å². The molecule has 6 heteroatoms. The number of carbonyl (C=O) groups excluding carboxylic acids is 2. The van der Waals surface area contributed by atoms with Crippen LogP contribution < -0.4 is 10.6 Å². The Bertz CT molecular complexity index is 1260. The predicted octanol–water partition coefficient (Wildman–Crippen LogP) is 5.00. The molecular weight excluding hydrogens is 494 g/mol. The highest BCUT2D eigenvalue weighted by atomic mass is 35.5. The summed E-state index contributed by atoms with van der Waals surface area (Å²) < 4.78 is 0. The number of benzene rings is 3. The number of amides is 2. The molecule has 3 aliphatic rings. The van der Waals surface area contributed by atoms with Gasteiger partial charge in [-0.05, 0) is 78.5 Å². The second-order valence-electron chi connectivity index (χ2n) is 11.0. The van der Waals surface area contributed by atoms with Gasteiger partial charge in [-0.15, -0.1) is 0 Å². The summed E-state index contributed by atoms with van der Waals surface area (Å²) >= 11 is 6.05. The quantitative estimate of drug-likeness (QED) is 0.474. The van der Waals surface area contributed by atoms with Crippen LogP contribution in [-0.2, 0) is 29.0 Å². The summed E-state index contributed by atoms with van der Waals surface area (Å²) in [5.41, 5.74) is 5.77. The minimum atomic E-state index is -0.398. The van der Waals surface area contributed by atoms with Gasteiger partial charge in [-0.2, -0.15) is 0 Å². The van der Waals surface area contributed by atoms with Crippen LogP contribution in [0, 0.1) is 0 Å². The zero-order valence-corrected chi connectivity index (χ0v) is 22.3. The summed E-state index contributed by atoms with van der Waals surface area (Å²) in [6.45, 7) is 0.924. The maximum atomic E-state index is 13.5. The molecule has 6 rings (SSSR count). The third-order valence-corrected chi connectivity index (χ3v) is 8.86. The van der Waals surface area contributed by atoms with Crippen molar-refractivity contribution in [2.45, 2.75) is 69.1 Å². The van der Waals surface area contributed by atoms with Crippen LogP contribution in [0.15, 0.2) is 72.8 Å². The molecule has 2 aliphatic heterocycles. The largest absolute Gasteiger partial charge is 0.352 e. The van der Waals surface area contributed by atoms with E-state index in [1.165, 1.54) is 29.5 Å². The number of piperidine rings is 1. The zero-order chi connectivity index (χ0) is 26.1. The van der Waals surface area contributed by atoms with Gasteiger partial charge < -0.3 is 10.6 Å². The van der Waals surface area contributed by atoms with Crippen molar-refractivity contribution in [3.63, 3.8) is 0 Å². The SMILES string of the molecule is O=C(CNC(=O)C1c2ccccc2CCc2ccccc21)NC1C[C@H]2CC[C@@H](C1)N2Cc1ccc(Cl)cc1. The highest BCUT2D eigenvalue weighted by Gasteiger charge is 2.41. The van der Waals surface area contributed by atoms with Gasteiger partial charge in [-0.25, -0.2) is 0 Å². The van der Waals surface area contributed by atoms with Gasteiger partial charge >= 0.3 is 0 Å². The van der Waals surface area contributed by atoms with E-state index in [9.17, 15) is 9.59 Å². The Kier molecular flexibility index (Phi) is 7.22. The lowest BCUT2D eigenvalue weighted by Crippen LogP contribution is -2.51. The monoisotopic (exact) mass is 527 g/mol. The van der Waals surface area contributed by atoms with Crippen LogP contribution in [0.1, 0.15) is 59.4 Å². The van der Waals surface area contributed by atoms with Crippen LogP contribution in [0.3, 0.4) is 0 Å². The summed E-state index contributed by atoms with van der Waals surface area (Å²) in [4.78, 5) is 29.1. The molecule has 2 saturated heterocycles. The van der Waals surface area contributed by atoms with Gasteiger partial charge in [0.25, 0.3) is 0 Å². The molecule has 5 nitrogen and oxygen atoms in total. The number of hydrogen-bond donors (Lipinski definition) is 2. The topological polar surface area (TPSA) is 61.4 Å². The van der Waals surface area contributed by atoms with Crippen LogP contribution in [0.2, 0.25) is 5.02 Å². The zero-order valence-electron chi connectivity index (χ0n) is 21.5. The van der Waals surface area contributed by atoms with Crippen LogP contribution in [0.4, 0.5) is 0 Å². The molecular formula is C32H34ClN3O2. The molecule has 3 aromatic rings. The number of halogens is 1. The van der Waals surface area contributed by atoms with E-state index >= 15 is 0 Å². The van der Waals surface area contributed by atoms with Crippen molar-refractivity contribution < 1.29 is 9.59 Å². The maximum absolute atomic E-state index is 13.5. The van der Waals surface area contributed by atoms with E-state index < -0.39 is 5.92 Å². The fourth-order valence-corrected chi connectivity index (χ4v) is 6.93. The van der Waals surface area contributed by atoms with Crippen molar-refractivity contribution in [3.8, 4) is 0 Å². The standard InChI is InChI=1S/C32H34ClN3O2/c33-24-13-9-21(10-14-24)20-36-26-15-16-27(36)18-25(17-26)35-30(37)19-34-32(38)31-28-7-3-1-5-22(28)11-12-23-6-2-4-8-29(23)31/h1-10,13-14,25-27,31H,11-12,15-20H2,(H,34,38)(H,35,37)/t25?,26-,27+. The summed E-state index contributed by atoms with van der Waals surface area (Å²) in [5.74, 6) is -0.617. The molecule has 2 heterocycles. The predicted molar refractivity (Wildman–Crippen MR) is 150 cm³/mol. The molecule has 0 aromatic heterocycles. The highest BCUT2D eigenvalue weighted by molar-refractivity contribution is 6.30. The molecule has 2 N–H and O–H groups in total. The van der Waals surface area contributed by atoms with Crippen molar-refractivity contribution in [3.05, 3.63) is 106 Å². The Hall–Kier alpha value is -3.15. The van der Waals surface area contributed by atoms with Gasteiger partial charge in [-0.1, -0.05) is 72.3 Å². The van der Waals surface area contributed by atoms with Gasteiger partial charge in [0.15, 0.2) is 0 Å². The smallest absolute Gasteiger partial charge is 0.239 e. The Morgan fingerprint density at radius 2 is 1.39 bits per heavy atom. The molecule has 2 bridgehead atoms. The van der Waals surface area contributed by atoms with Gasteiger partial charge in [0, 0.05) is 29.7 Å². The molecule has 38 heavy (non-hydrogen) atoms. The van der Waals surface area contributed by atoms with E-state index in [0.717, 1.165) is 48.4 Å². The fraction of sp³-hybridized carbons (Fsp3) is 0.375. The fourth-order valence-electron chi connectivity index (χ4n) is 6.81. The average molecular weight is 528 g/mol. The summed E-state index contributed by atoms with van der Waals surface area (Å²) in [6, 6.07) is 25.6. The first kappa shape index (κ1) is 25.1. The number of nitrogens with one attached hydrogen (secondary N) is 2. The van der Waals surface area contributed by atoms with Crippen molar-refractivity contribution in [1.82, 2.24) is 15.5 Å². The number of rotatable bonds is 6. The van der Waals surface area contributed by atoms with Crippen LogP contribution in [-0.4, -0.2) is 41.4 Å². The van der Waals surface area contributed by atoms with Gasteiger partial charge in [0.05, 0.1) is 12.5 Å². The minimum Gasteiger partial charge on any atom is -0.352 e. The molecule has 2 fully saturated rings. The Balaban J connectivity index is 1.07. The number of nitrogens with zero attached hydrogens (tertiary/aromatic N) is 1. The van der Waals surface area contributed by atoms with Crippen LogP contribution in [0.25, 0.3) is 0 Å². The molecule has 1 unspecified atom stereocenters. The first-order valence-electron chi connectivity index (χ1n) is 13.8. The highest BCUT2D eigenvalue weighted by Crippen LogP contribution is 2.37. The molecule has 2 amide bonds. The first-order valence-corrected chi connectivity index (χ1v) is 14.2. The first-order chi connectivity index (χ1) is 18.5. The van der Waals surface area contributed by atoms with E-state index in [2.05, 4.69) is 51.9 Å². The Labute approximate surface area is 229 Å². The van der Waals surface area contributed by atoms with E-state index in [1.54, 1.807) is 0 Å². The van der Waals surface area contributed by atoms with Crippen molar-refractivity contribution in [2.24, 2.45) is 0 Å². The molecule has 0 saturated carbocycles. The minimum absolute atomic E-state index is 0.0000104. The van der Waals surface area contributed by atoms with Crippen molar-refractivity contribution >= 4 is 23.4 Å². The average Bonchev–Trinajstić information content (AvgIpc) is 3.08. The molecule has 0 spiro atoms. The van der Waals surface area contributed by atoms with E-state index in [0.29, 0.717) is 12.1 Å². The third kappa shape index (κ3) is 5.23. The summed E-state index contributed by atoms with van der Waals surface area (Å²) in [7, 11) is 0. The molecule has 3 atom stereocenters. The van der Waals surface area contributed by atoms with Gasteiger partial charge in [0.2, 0.25) is 11.8 Å². The second kappa shape index (κ2) is 10.9.